The molecule has 9 nitrogen and oxygen atoms in total. The number of hydrogen-bond acceptors (Lipinski definition) is 8. The van der Waals surface area contributed by atoms with Crippen LogP contribution in [0, 0.1) is 0 Å². The van der Waals surface area contributed by atoms with Gasteiger partial charge in [-0.1, -0.05) is 127 Å². The number of hydrogen-bond donors (Lipinski definition) is 1. The van der Waals surface area contributed by atoms with Crippen molar-refractivity contribution in [3.63, 3.8) is 0 Å². The molecule has 49 heavy (non-hydrogen) atoms. The normalized spacial score (nSPS) is 14.1. The number of carbonyl (C=O) groups excluding carboxylic acids is 2. The minimum Gasteiger partial charge on any atom is -0.462 e. The Hall–Kier alpha value is -2.03. The molecular formula is C39H70NO8P. The molecule has 2 atom stereocenters. The van der Waals surface area contributed by atoms with Crippen molar-refractivity contribution in [1.82, 2.24) is 4.90 Å². The highest BCUT2D eigenvalue weighted by molar-refractivity contribution is 7.47. The molecule has 1 N–H and O–H groups in total. The van der Waals surface area contributed by atoms with E-state index in [-0.39, 0.29) is 26.1 Å². The van der Waals surface area contributed by atoms with Gasteiger partial charge in [0, 0.05) is 19.4 Å². The summed E-state index contributed by atoms with van der Waals surface area (Å²) in [6, 6.07) is 0. The molecule has 0 fully saturated rings. The Kier molecular flexibility index (Phi) is 33.0. The highest BCUT2D eigenvalue weighted by atomic mass is 31.2. The molecule has 0 aromatic heterocycles. The molecule has 10 heteroatoms. The molecule has 0 aromatic rings. The minimum absolute atomic E-state index is 0.0000118. The van der Waals surface area contributed by atoms with Gasteiger partial charge in [-0.2, -0.15) is 0 Å². The SMILES string of the molecule is CC/C=C\C/C=C\C/C=C\C/C=C\CCCCC(=O)OCC(COP(=O)(O)OCCN(C)C)OC(=O)CCCCCCCCCCCCC. The Bertz CT molecular complexity index is 963. The molecule has 0 aromatic carbocycles. The first kappa shape index (κ1) is 47.0. The summed E-state index contributed by atoms with van der Waals surface area (Å²) in [5.74, 6) is -0.856. The highest BCUT2D eigenvalue weighted by Gasteiger charge is 2.26. The summed E-state index contributed by atoms with van der Waals surface area (Å²) in [7, 11) is -0.730. The van der Waals surface area contributed by atoms with Gasteiger partial charge in [-0.3, -0.25) is 18.6 Å². The predicted molar refractivity (Wildman–Crippen MR) is 201 cm³/mol. The maximum atomic E-state index is 12.6. The number of ether oxygens (including phenoxy) is 2. The van der Waals surface area contributed by atoms with Crippen molar-refractivity contribution in [3.05, 3.63) is 48.6 Å². The number of esters is 2. The third kappa shape index (κ3) is 35.6. The molecule has 284 valence electrons. The molecule has 0 spiro atoms. The maximum Gasteiger partial charge on any atom is 0.472 e. The molecule has 0 rings (SSSR count). The van der Waals surface area contributed by atoms with Crippen molar-refractivity contribution in [2.24, 2.45) is 0 Å². The number of nitrogens with zero attached hydrogens (tertiary/aromatic N) is 1. The Labute approximate surface area is 299 Å². The number of phosphoric acid groups is 1. The largest absolute Gasteiger partial charge is 0.472 e. The first-order valence-electron chi connectivity index (χ1n) is 18.9. The second kappa shape index (κ2) is 34.4. The third-order valence-corrected chi connectivity index (χ3v) is 8.63. The molecule has 0 amide bonds. The zero-order valence-electron chi connectivity index (χ0n) is 31.4. The summed E-state index contributed by atoms with van der Waals surface area (Å²) in [5.41, 5.74) is 0. The van der Waals surface area contributed by atoms with E-state index < -0.39 is 32.5 Å². The predicted octanol–water partition coefficient (Wildman–Crippen LogP) is 10.2. The van der Waals surface area contributed by atoms with Gasteiger partial charge in [0.15, 0.2) is 6.10 Å². The van der Waals surface area contributed by atoms with Crippen LogP contribution in [0.25, 0.3) is 0 Å². The lowest BCUT2D eigenvalue weighted by atomic mass is 10.1. The second-order valence-corrected chi connectivity index (χ2v) is 14.2. The van der Waals surface area contributed by atoms with Crippen LogP contribution in [-0.4, -0.2) is 68.3 Å². The third-order valence-electron chi connectivity index (χ3n) is 7.65. The van der Waals surface area contributed by atoms with E-state index in [1.165, 1.54) is 44.9 Å². The van der Waals surface area contributed by atoms with Crippen LogP contribution < -0.4 is 0 Å². The minimum atomic E-state index is -4.36. The fraction of sp³-hybridized carbons (Fsp3) is 0.744. The number of allylic oxidation sites excluding steroid dienone is 8. The fourth-order valence-electron chi connectivity index (χ4n) is 4.74. The number of rotatable bonds is 34. The summed E-state index contributed by atoms with van der Waals surface area (Å²) >= 11 is 0. The molecular weight excluding hydrogens is 641 g/mol. The van der Waals surface area contributed by atoms with Crippen molar-refractivity contribution >= 4 is 19.8 Å². The molecule has 0 heterocycles. The number of unbranched alkanes of at least 4 members (excludes halogenated alkanes) is 12. The lowest BCUT2D eigenvalue weighted by Gasteiger charge is -2.20. The molecule has 0 aliphatic heterocycles. The van der Waals surface area contributed by atoms with Gasteiger partial charge < -0.3 is 19.3 Å². The van der Waals surface area contributed by atoms with Gasteiger partial charge in [-0.25, -0.2) is 4.57 Å². The van der Waals surface area contributed by atoms with Gasteiger partial charge in [-0.15, -0.1) is 0 Å². The van der Waals surface area contributed by atoms with E-state index in [1.54, 1.807) is 0 Å². The molecule has 0 radical (unpaired) electrons. The summed E-state index contributed by atoms with van der Waals surface area (Å²) in [5, 5.41) is 0. The first-order valence-corrected chi connectivity index (χ1v) is 20.4. The maximum absolute atomic E-state index is 12.6. The monoisotopic (exact) mass is 711 g/mol. The van der Waals surface area contributed by atoms with Crippen LogP contribution in [-0.2, 0) is 32.7 Å². The smallest absolute Gasteiger partial charge is 0.462 e. The van der Waals surface area contributed by atoms with E-state index in [0.29, 0.717) is 19.4 Å². The molecule has 0 aliphatic rings. The van der Waals surface area contributed by atoms with Gasteiger partial charge in [0.05, 0.1) is 13.2 Å². The topological polar surface area (TPSA) is 112 Å². The van der Waals surface area contributed by atoms with Crippen molar-refractivity contribution in [1.29, 1.82) is 0 Å². The van der Waals surface area contributed by atoms with Gasteiger partial charge in [0.25, 0.3) is 0 Å². The van der Waals surface area contributed by atoms with Gasteiger partial charge in [0.1, 0.15) is 6.61 Å². The number of likely N-dealkylation sites (N-methyl/N-ethyl adjacent to an activating group) is 1. The van der Waals surface area contributed by atoms with E-state index in [0.717, 1.165) is 57.8 Å². The number of phosphoric ester groups is 1. The number of carbonyl (C=O) groups is 2. The molecule has 2 unspecified atom stereocenters. The van der Waals surface area contributed by atoms with E-state index in [2.05, 4.69) is 62.5 Å². The van der Waals surface area contributed by atoms with Crippen LogP contribution in [0.5, 0.6) is 0 Å². The zero-order chi connectivity index (χ0) is 36.3. The summed E-state index contributed by atoms with van der Waals surface area (Å²) < 4.78 is 33.3. The quantitative estimate of drug-likeness (QED) is 0.0302. The van der Waals surface area contributed by atoms with Gasteiger partial charge in [0.2, 0.25) is 0 Å². The Balaban J connectivity index is 4.44. The Morgan fingerprint density at radius 3 is 1.73 bits per heavy atom. The van der Waals surface area contributed by atoms with Crippen LogP contribution in [0.1, 0.15) is 142 Å². The highest BCUT2D eigenvalue weighted by Crippen LogP contribution is 2.43. The van der Waals surface area contributed by atoms with Gasteiger partial charge >= 0.3 is 19.8 Å². The van der Waals surface area contributed by atoms with Crippen LogP contribution in [0.3, 0.4) is 0 Å². The summed E-state index contributed by atoms with van der Waals surface area (Å²) in [6.07, 6.45) is 35.9. The fourth-order valence-corrected chi connectivity index (χ4v) is 5.48. The van der Waals surface area contributed by atoms with Crippen molar-refractivity contribution in [3.8, 4) is 0 Å². The molecule has 0 saturated carbocycles. The average molecular weight is 712 g/mol. The van der Waals surface area contributed by atoms with E-state index in [1.807, 2.05) is 19.0 Å². The van der Waals surface area contributed by atoms with Crippen molar-refractivity contribution in [2.45, 2.75) is 148 Å². The van der Waals surface area contributed by atoms with E-state index in [9.17, 15) is 19.0 Å². The van der Waals surface area contributed by atoms with Crippen LogP contribution >= 0.6 is 7.82 Å². The van der Waals surface area contributed by atoms with Crippen LogP contribution in [0.15, 0.2) is 48.6 Å². The van der Waals surface area contributed by atoms with E-state index >= 15 is 0 Å². The molecule has 0 saturated heterocycles. The zero-order valence-corrected chi connectivity index (χ0v) is 32.3. The van der Waals surface area contributed by atoms with Gasteiger partial charge in [-0.05, 0) is 65.5 Å². The lowest BCUT2D eigenvalue weighted by molar-refractivity contribution is -0.161. The summed E-state index contributed by atoms with van der Waals surface area (Å²) in [4.78, 5) is 36.8. The molecule has 0 aliphatic carbocycles. The Morgan fingerprint density at radius 1 is 0.653 bits per heavy atom. The first-order chi connectivity index (χ1) is 23.7. The average Bonchev–Trinajstić information content (AvgIpc) is 3.06. The second-order valence-electron chi connectivity index (χ2n) is 12.7. The van der Waals surface area contributed by atoms with Crippen molar-refractivity contribution in [2.75, 3.05) is 40.5 Å². The lowest BCUT2D eigenvalue weighted by Crippen LogP contribution is -2.29. The van der Waals surface area contributed by atoms with Crippen LogP contribution in [0.2, 0.25) is 0 Å². The standard InChI is InChI=1S/C39H70NO8P/c1-5-7-9-11-13-15-17-18-19-20-22-23-25-27-29-31-38(41)45-35-37(36-47-49(43,44)46-34-33-40(3)4)48-39(42)32-30-28-26-24-21-16-14-12-10-8-6-2/h7,9,13,15,18-19,22-23,37H,5-6,8,10-12,14,16-17,20-21,24-36H2,1-4H3,(H,43,44)/b9-7-,15-13-,19-18-,23-22-. The molecule has 0 bridgehead atoms. The summed E-state index contributed by atoms with van der Waals surface area (Å²) in [6.45, 7) is 4.13. The van der Waals surface area contributed by atoms with E-state index in [4.69, 9.17) is 18.5 Å². The van der Waals surface area contributed by atoms with Crippen LogP contribution in [0.4, 0.5) is 0 Å². The van der Waals surface area contributed by atoms with Crippen molar-refractivity contribution < 1.29 is 37.6 Å². The Morgan fingerprint density at radius 2 is 1.16 bits per heavy atom.